The summed E-state index contributed by atoms with van der Waals surface area (Å²) in [5.41, 5.74) is 0.915. The number of hydrogen-bond acceptors (Lipinski definition) is 2. The summed E-state index contributed by atoms with van der Waals surface area (Å²) in [4.78, 5) is 0.232. The van der Waals surface area contributed by atoms with Crippen LogP contribution in [0.5, 0.6) is 0 Å². The van der Waals surface area contributed by atoms with Gasteiger partial charge in [0.05, 0.1) is 4.90 Å². The molecule has 0 spiro atoms. The molecule has 3 nitrogen and oxygen atoms in total. The maximum absolute atomic E-state index is 13.3. The first-order chi connectivity index (χ1) is 8.75. The fraction of sp³-hybridized carbons (Fsp3) is 0.571. The van der Waals surface area contributed by atoms with E-state index in [9.17, 15) is 12.8 Å². The minimum absolute atomic E-state index is 0.0705. The number of halogens is 1. The molecule has 0 saturated carbocycles. The van der Waals surface area contributed by atoms with E-state index in [2.05, 4.69) is 0 Å². The second-order valence-electron chi connectivity index (χ2n) is 4.83. The van der Waals surface area contributed by atoms with Crippen LogP contribution in [0.3, 0.4) is 0 Å². The van der Waals surface area contributed by atoms with Crippen molar-refractivity contribution in [3.8, 4) is 0 Å². The quantitative estimate of drug-likeness (QED) is 0.833. The van der Waals surface area contributed by atoms with E-state index in [1.54, 1.807) is 13.8 Å². The van der Waals surface area contributed by atoms with Gasteiger partial charge in [-0.3, -0.25) is 0 Å². The Hall–Kier alpha value is -0.940. The van der Waals surface area contributed by atoms with Crippen molar-refractivity contribution in [3.05, 3.63) is 29.1 Å². The zero-order valence-corrected chi connectivity index (χ0v) is 13.0. The Morgan fingerprint density at radius 3 is 2.05 bits per heavy atom. The second kappa shape index (κ2) is 6.01. The summed E-state index contributed by atoms with van der Waals surface area (Å²) in [6.45, 7) is 9.33. The van der Waals surface area contributed by atoms with Crippen LogP contribution in [-0.2, 0) is 10.0 Å². The molecule has 0 fully saturated rings. The summed E-state index contributed by atoms with van der Waals surface area (Å²) in [6, 6.07) is 2.47. The molecule has 1 unspecified atom stereocenters. The Kier molecular flexibility index (Phi) is 5.10. The van der Waals surface area contributed by atoms with E-state index < -0.39 is 15.8 Å². The first-order valence-corrected chi connectivity index (χ1v) is 7.98. The van der Waals surface area contributed by atoms with Crippen LogP contribution in [-0.4, -0.2) is 25.3 Å². The van der Waals surface area contributed by atoms with Gasteiger partial charge >= 0.3 is 0 Å². The third kappa shape index (κ3) is 3.15. The number of hydrogen-bond donors (Lipinski definition) is 0. The highest BCUT2D eigenvalue weighted by Crippen LogP contribution is 2.26. The Bertz CT molecular complexity index is 532. The van der Waals surface area contributed by atoms with Crippen LogP contribution in [0.1, 0.15) is 38.3 Å². The molecule has 1 aromatic rings. The van der Waals surface area contributed by atoms with E-state index in [0.717, 1.165) is 6.42 Å². The van der Waals surface area contributed by atoms with Gasteiger partial charge in [-0.25, -0.2) is 12.8 Å². The molecule has 19 heavy (non-hydrogen) atoms. The van der Waals surface area contributed by atoms with Crippen LogP contribution < -0.4 is 0 Å². The highest BCUT2D eigenvalue weighted by Gasteiger charge is 2.29. The number of aryl methyl sites for hydroxylation is 2. The summed E-state index contributed by atoms with van der Waals surface area (Å²) in [6.07, 6.45) is 0.742. The fourth-order valence-corrected chi connectivity index (χ4v) is 4.47. The van der Waals surface area contributed by atoms with Crippen molar-refractivity contribution < 1.29 is 12.8 Å². The molecule has 0 aliphatic rings. The fourth-order valence-electron chi connectivity index (χ4n) is 2.34. The summed E-state index contributed by atoms with van der Waals surface area (Å²) in [7, 11) is -3.57. The standard InChI is InChI=1S/C14H22FNO2S/c1-6-12(5)16(7-2)19(17,18)14-10(3)8-13(15)9-11(14)4/h8-9,12H,6-7H2,1-5H3. The summed E-state index contributed by atoms with van der Waals surface area (Å²) in [5, 5.41) is 0. The van der Waals surface area contributed by atoms with E-state index in [0.29, 0.717) is 17.7 Å². The van der Waals surface area contributed by atoms with Gasteiger partial charge in [-0.1, -0.05) is 13.8 Å². The first kappa shape index (κ1) is 16.1. The average Bonchev–Trinajstić information content (AvgIpc) is 2.27. The normalized spacial score (nSPS) is 13.8. The average molecular weight is 287 g/mol. The summed E-state index contributed by atoms with van der Waals surface area (Å²) < 4.78 is 40.2. The topological polar surface area (TPSA) is 37.4 Å². The van der Waals surface area contributed by atoms with Crippen molar-refractivity contribution >= 4 is 10.0 Å². The molecule has 0 aliphatic heterocycles. The minimum Gasteiger partial charge on any atom is -0.207 e. The van der Waals surface area contributed by atoms with Gasteiger partial charge in [0.1, 0.15) is 5.82 Å². The molecule has 5 heteroatoms. The minimum atomic E-state index is -3.57. The van der Waals surface area contributed by atoms with Crippen LogP contribution >= 0.6 is 0 Å². The first-order valence-electron chi connectivity index (χ1n) is 6.54. The molecule has 0 bridgehead atoms. The Labute approximate surface area is 115 Å². The summed E-state index contributed by atoms with van der Waals surface area (Å²) >= 11 is 0. The molecular formula is C14H22FNO2S. The molecule has 1 aromatic carbocycles. The molecule has 0 saturated heterocycles. The Morgan fingerprint density at radius 1 is 1.21 bits per heavy atom. The van der Waals surface area contributed by atoms with Crippen molar-refractivity contribution in [2.45, 2.75) is 52.0 Å². The highest BCUT2D eigenvalue weighted by atomic mass is 32.2. The molecular weight excluding hydrogens is 265 g/mol. The van der Waals surface area contributed by atoms with E-state index in [-0.39, 0.29) is 10.9 Å². The molecule has 0 heterocycles. The van der Waals surface area contributed by atoms with E-state index in [4.69, 9.17) is 0 Å². The zero-order chi connectivity index (χ0) is 14.8. The molecule has 1 atom stereocenters. The number of sulfonamides is 1. The molecule has 0 aliphatic carbocycles. The lowest BCUT2D eigenvalue weighted by atomic mass is 10.1. The van der Waals surface area contributed by atoms with Crippen molar-refractivity contribution in [3.63, 3.8) is 0 Å². The third-order valence-corrected chi connectivity index (χ3v) is 5.78. The number of nitrogens with zero attached hydrogens (tertiary/aromatic N) is 1. The second-order valence-corrected chi connectivity index (χ2v) is 6.66. The van der Waals surface area contributed by atoms with Crippen LogP contribution in [0.4, 0.5) is 4.39 Å². The highest BCUT2D eigenvalue weighted by molar-refractivity contribution is 7.89. The largest absolute Gasteiger partial charge is 0.243 e. The lowest BCUT2D eigenvalue weighted by Crippen LogP contribution is -2.38. The van der Waals surface area contributed by atoms with Gasteiger partial charge in [0.25, 0.3) is 0 Å². The molecule has 1 rings (SSSR count). The lowest BCUT2D eigenvalue weighted by Gasteiger charge is -2.27. The molecule has 108 valence electrons. The van der Waals surface area contributed by atoms with E-state index in [1.165, 1.54) is 16.4 Å². The SMILES string of the molecule is CCC(C)N(CC)S(=O)(=O)c1c(C)cc(F)cc1C. The van der Waals surface area contributed by atoms with E-state index in [1.807, 2.05) is 20.8 Å². The van der Waals surface area contributed by atoms with Crippen molar-refractivity contribution in [1.29, 1.82) is 0 Å². The smallest absolute Gasteiger partial charge is 0.207 e. The Balaban J connectivity index is 3.42. The van der Waals surface area contributed by atoms with Crippen LogP contribution in [0, 0.1) is 19.7 Å². The maximum Gasteiger partial charge on any atom is 0.243 e. The number of benzene rings is 1. The van der Waals surface area contributed by atoms with Crippen LogP contribution in [0.2, 0.25) is 0 Å². The molecule has 0 amide bonds. The van der Waals surface area contributed by atoms with E-state index >= 15 is 0 Å². The van der Waals surface area contributed by atoms with Gasteiger partial charge in [-0.05, 0) is 50.5 Å². The maximum atomic E-state index is 13.3. The number of rotatable bonds is 5. The van der Waals surface area contributed by atoms with Gasteiger partial charge in [-0.2, -0.15) is 4.31 Å². The van der Waals surface area contributed by atoms with Gasteiger partial charge < -0.3 is 0 Å². The zero-order valence-electron chi connectivity index (χ0n) is 12.2. The van der Waals surface area contributed by atoms with Gasteiger partial charge in [0, 0.05) is 12.6 Å². The molecule has 0 aromatic heterocycles. The predicted molar refractivity (Wildman–Crippen MR) is 75.2 cm³/mol. The third-order valence-electron chi connectivity index (χ3n) is 3.39. The van der Waals surface area contributed by atoms with Crippen LogP contribution in [0.25, 0.3) is 0 Å². The molecule has 0 radical (unpaired) electrons. The van der Waals surface area contributed by atoms with Crippen molar-refractivity contribution in [2.24, 2.45) is 0 Å². The van der Waals surface area contributed by atoms with Crippen molar-refractivity contribution in [2.75, 3.05) is 6.54 Å². The monoisotopic (exact) mass is 287 g/mol. The van der Waals surface area contributed by atoms with Gasteiger partial charge in [0.15, 0.2) is 0 Å². The van der Waals surface area contributed by atoms with Crippen LogP contribution in [0.15, 0.2) is 17.0 Å². The predicted octanol–water partition coefficient (Wildman–Crippen LogP) is 3.25. The van der Waals surface area contributed by atoms with Crippen molar-refractivity contribution in [1.82, 2.24) is 4.31 Å². The molecule has 0 N–H and O–H groups in total. The van der Waals surface area contributed by atoms with Gasteiger partial charge in [-0.15, -0.1) is 0 Å². The Morgan fingerprint density at radius 2 is 1.68 bits per heavy atom. The summed E-state index contributed by atoms with van der Waals surface area (Å²) in [5.74, 6) is -0.402. The lowest BCUT2D eigenvalue weighted by molar-refractivity contribution is 0.342. The van der Waals surface area contributed by atoms with Gasteiger partial charge in [0.2, 0.25) is 10.0 Å².